The van der Waals surface area contributed by atoms with E-state index in [-0.39, 0.29) is 44.1 Å². The van der Waals surface area contributed by atoms with Crippen LogP contribution in [0, 0.1) is 13.8 Å². The van der Waals surface area contributed by atoms with E-state index in [0.29, 0.717) is 26.1 Å². The Labute approximate surface area is 489 Å². The van der Waals surface area contributed by atoms with Gasteiger partial charge in [0.05, 0.1) is 39.5 Å². The second-order valence-corrected chi connectivity index (χ2v) is 46.7. The number of ether oxygens (including phenoxy) is 4. The Morgan fingerprint density at radius 2 is 0.738 bits per heavy atom. The van der Waals surface area contributed by atoms with E-state index in [0.717, 1.165) is 56.4 Å². The monoisotopic (exact) mass is 1170 g/mol. The van der Waals surface area contributed by atoms with Gasteiger partial charge in [-0.2, -0.15) is 0 Å². The van der Waals surface area contributed by atoms with E-state index in [9.17, 15) is 9.59 Å². The Hall–Kier alpha value is -4.27. The zero-order valence-corrected chi connectivity index (χ0v) is 58.3. The van der Waals surface area contributed by atoms with Gasteiger partial charge < -0.3 is 47.3 Å². The van der Waals surface area contributed by atoms with Crippen molar-refractivity contribution >= 4 is 45.1 Å². The standard InChI is InChI=1S/2C32H53NO5Si2/c2*1-23-19-24(21-27(28(23)35-8)38-40(12,13)32(5,6)7)20-26(22-37-39(10,11)31(2,3)4)33-30(34)29(36-9)25-17-15-14-16-18-25/h2*14-19,21,26,29H,20,22H2,1-13H3,(H,33,34)/t26-,29+;26-,29-/m00/s1. The molecule has 12 nitrogen and oxygen atoms in total. The predicted molar refractivity (Wildman–Crippen MR) is 341 cm³/mol. The van der Waals surface area contributed by atoms with Gasteiger partial charge in [-0.3, -0.25) is 9.59 Å². The van der Waals surface area contributed by atoms with Gasteiger partial charge in [0, 0.05) is 14.2 Å². The van der Waals surface area contributed by atoms with Crippen molar-refractivity contribution < 1.29 is 46.2 Å². The molecule has 448 valence electrons. The highest BCUT2D eigenvalue weighted by Crippen LogP contribution is 2.44. The minimum atomic E-state index is -2.11. The van der Waals surface area contributed by atoms with Gasteiger partial charge in [-0.15, -0.1) is 0 Å². The minimum absolute atomic E-state index is 0.0437. The van der Waals surface area contributed by atoms with E-state index in [1.165, 1.54) is 0 Å². The molecule has 0 saturated carbocycles. The summed E-state index contributed by atoms with van der Waals surface area (Å²) >= 11 is 0. The summed E-state index contributed by atoms with van der Waals surface area (Å²) in [5.41, 5.74) is 5.76. The Kier molecular flexibility index (Phi) is 24.8. The molecule has 0 aliphatic rings. The summed E-state index contributed by atoms with van der Waals surface area (Å²) in [4.78, 5) is 27.0. The van der Waals surface area contributed by atoms with Gasteiger partial charge in [0.1, 0.15) is 11.5 Å². The number of aryl methyl sites for hydroxylation is 2. The molecule has 80 heavy (non-hydrogen) atoms. The SMILES string of the molecule is COc1c(C)cc(C[C@@H](CO[Si](C)(C)C(C)(C)C)NC(=O)[C@@H](OC)c2ccccc2)cc1O[Si](C)(C)C(C)(C)C.COc1c(C)cc(C[C@@H](CO[Si](C)(C)C(C)(C)C)NC(=O)[C@H](OC)c2ccccc2)cc1O[Si](C)(C)C(C)(C)C. The molecule has 4 aromatic rings. The van der Waals surface area contributed by atoms with Crippen LogP contribution in [0.2, 0.25) is 72.5 Å². The third-order valence-electron chi connectivity index (χ3n) is 17.1. The number of benzene rings is 4. The highest BCUT2D eigenvalue weighted by molar-refractivity contribution is 6.75. The largest absolute Gasteiger partial charge is 0.541 e. The maximum atomic E-state index is 13.5. The van der Waals surface area contributed by atoms with Crippen molar-refractivity contribution in [2.45, 2.75) is 207 Å². The number of amides is 2. The van der Waals surface area contributed by atoms with Gasteiger partial charge in [-0.25, -0.2) is 0 Å². The number of methoxy groups -OCH3 is 4. The number of rotatable bonds is 24. The van der Waals surface area contributed by atoms with Gasteiger partial charge in [0.2, 0.25) is 0 Å². The molecule has 4 aromatic carbocycles. The average Bonchev–Trinajstić information content (AvgIpc) is 3.32. The van der Waals surface area contributed by atoms with E-state index in [2.05, 4.69) is 170 Å². The van der Waals surface area contributed by atoms with E-state index >= 15 is 0 Å². The van der Waals surface area contributed by atoms with Crippen molar-refractivity contribution in [1.29, 1.82) is 0 Å². The molecule has 0 bridgehead atoms. The number of nitrogens with one attached hydrogen (secondary N) is 2. The summed E-state index contributed by atoms with van der Waals surface area (Å²) in [6.45, 7) is 49.5. The zero-order valence-electron chi connectivity index (χ0n) is 54.3. The summed E-state index contributed by atoms with van der Waals surface area (Å²) in [6.07, 6.45) is -0.229. The summed E-state index contributed by atoms with van der Waals surface area (Å²) in [7, 11) is -1.81. The first-order chi connectivity index (χ1) is 36.6. The van der Waals surface area contributed by atoms with Gasteiger partial charge in [-0.1, -0.05) is 156 Å². The smallest absolute Gasteiger partial charge is 0.254 e. The maximum absolute atomic E-state index is 13.5. The summed E-state index contributed by atoms with van der Waals surface area (Å²) in [6, 6.07) is 27.0. The molecule has 4 atom stereocenters. The van der Waals surface area contributed by atoms with Crippen LogP contribution in [0.25, 0.3) is 0 Å². The van der Waals surface area contributed by atoms with Crippen LogP contribution in [0.1, 0.15) is 129 Å². The average molecular weight is 1180 g/mol. The van der Waals surface area contributed by atoms with Crippen molar-refractivity contribution in [2.75, 3.05) is 41.7 Å². The second kappa shape index (κ2) is 28.3. The lowest BCUT2D eigenvalue weighted by Gasteiger charge is -2.38. The molecule has 2 amide bonds. The van der Waals surface area contributed by atoms with Gasteiger partial charge >= 0.3 is 0 Å². The quantitative estimate of drug-likeness (QED) is 0.0654. The molecule has 0 unspecified atom stereocenters. The van der Waals surface area contributed by atoms with Crippen LogP contribution in [0.4, 0.5) is 0 Å². The molecule has 16 heteroatoms. The first kappa shape index (κ1) is 70.0. The molecule has 0 saturated heterocycles. The zero-order chi connectivity index (χ0) is 61.0. The lowest BCUT2D eigenvalue weighted by molar-refractivity contribution is -0.133. The fourth-order valence-corrected chi connectivity index (χ4v) is 12.0. The third kappa shape index (κ3) is 19.4. The Morgan fingerprint density at radius 3 is 0.988 bits per heavy atom. The Bertz CT molecular complexity index is 2420. The molecule has 4 rings (SSSR count). The van der Waals surface area contributed by atoms with Crippen LogP contribution in [-0.2, 0) is 40.8 Å². The molecule has 0 heterocycles. The third-order valence-corrected chi connectivity index (χ3v) is 34.8. The molecule has 2 N–H and O–H groups in total. The molecule has 0 radical (unpaired) electrons. The van der Waals surface area contributed by atoms with Crippen molar-refractivity contribution in [3.8, 4) is 23.0 Å². The lowest BCUT2D eigenvalue weighted by atomic mass is 10.0. The first-order valence-corrected chi connectivity index (χ1v) is 40.1. The summed E-state index contributed by atoms with van der Waals surface area (Å²) < 4.78 is 49.5. The van der Waals surface area contributed by atoms with E-state index < -0.39 is 45.5 Å². The topological polar surface area (TPSA) is 132 Å². The summed E-state index contributed by atoms with van der Waals surface area (Å²) in [5, 5.41) is 6.70. The lowest BCUT2D eigenvalue weighted by Crippen LogP contribution is -2.48. The van der Waals surface area contributed by atoms with Crippen LogP contribution in [0.5, 0.6) is 23.0 Å². The molecular formula is C64H106N2O10Si4. The van der Waals surface area contributed by atoms with Crippen molar-refractivity contribution in [3.05, 3.63) is 118 Å². The number of carbonyl (C=O) groups excluding carboxylic acids is 2. The Balaban J connectivity index is 0.000000420. The van der Waals surface area contributed by atoms with Gasteiger partial charge in [0.15, 0.2) is 40.3 Å². The van der Waals surface area contributed by atoms with Crippen LogP contribution in [0.3, 0.4) is 0 Å². The van der Waals surface area contributed by atoms with Crippen LogP contribution in [-0.4, -0.2) is 98.8 Å². The molecular weight excluding hydrogens is 1070 g/mol. The van der Waals surface area contributed by atoms with Gasteiger partial charge in [0.25, 0.3) is 28.4 Å². The van der Waals surface area contributed by atoms with Crippen LogP contribution in [0.15, 0.2) is 84.9 Å². The van der Waals surface area contributed by atoms with E-state index in [1.54, 1.807) is 28.4 Å². The van der Waals surface area contributed by atoms with Crippen LogP contribution >= 0.6 is 0 Å². The van der Waals surface area contributed by atoms with E-state index in [1.807, 2.05) is 74.5 Å². The van der Waals surface area contributed by atoms with E-state index in [4.69, 9.17) is 36.7 Å². The highest BCUT2D eigenvalue weighted by Gasteiger charge is 2.42. The molecule has 0 fully saturated rings. The number of hydrogen-bond acceptors (Lipinski definition) is 10. The Morgan fingerprint density at radius 1 is 0.450 bits per heavy atom. The fraction of sp³-hybridized carbons (Fsp3) is 0.594. The van der Waals surface area contributed by atoms with Gasteiger partial charge in [-0.05, 0) is 145 Å². The second-order valence-electron chi connectivity index (χ2n) is 27.6. The fourth-order valence-electron chi connectivity index (χ4n) is 7.92. The van der Waals surface area contributed by atoms with Crippen molar-refractivity contribution in [2.24, 2.45) is 0 Å². The predicted octanol–water partition coefficient (Wildman–Crippen LogP) is 15.6. The van der Waals surface area contributed by atoms with Crippen molar-refractivity contribution in [1.82, 2.24) is 10.6 Å². The number of hydrogen-bond donors (Lipinski definition) is 2. The maximum Gasteiger partial charge on any atom is 0.254 e. The molecule has 0 aromatic heterocycles. The van der Waals surface area contributed by atoms with Crippen LogP contribution < -0.4 is 29.0 Å². The minimum Gasteiger partial charge on any atom is -0.541 e. The summed E-state index contributed by atoms with van der Waals surface area (Å²) in [5.74, 6) is 2.68. The number of carbonyl (C=O) groups is 2. The van der Waals surface area contributed by atoms with Crippen molar-refractivity contribution in [3.63, 3.8) is 0 Å². The first-order valence-electron chi connectivity index (χ1n) is 28.4. The highest BCUT2D eigenvalue weighted by atomic mass is 28.4. The molecule has 0 spiro atoms. The molecule has 0 aliphatic heterocycles. The molecule has 0 aliphatic carbocycles. The normalized spacial score (nSPS) is 14.4.